The Labute approximate surface area is 161 Å². The first-order valence-electron chi connectivity index (χ1n) is 8.20. The van der Waals surface area contributed by atoms with Gasteiger partial charge in [-0.2, -0.15) is 0 Å². The number of halogens is 1. The summed E-state index contributed by atoms with van der Waals surface area (Å²) in [5.41, 5.74) is 0.851. The SMILES string of the molecule is O=C(CCN1C(=O)CSc2ccccc21)OCCOc1ccccc1Cl. The summed E-state index contributed by atoms with van der Waals surface area (Å²) in [5, 5.41) is 0.513. The third-order valence-electron chi connectivity index (χ3n) is 3.79. The summed E-state index contributed by atoms with van der Waals surface area (Å²) in [4.78, 5) is 26.8. The van der Waals surface area contributed by atoms with Crippen molar-refractivity contribution < 1.29 is 19.1 Å². The van der Waals surface area contributed by atoms with Gasteiger partial charge in [0.2, 0.25) is 5.91 Å². The van der Waals surface area contributed by atoms with Gasteiger partial charge in [-0.25, -0.2) is 0 Å². The van der Waals surface area contributed by atoms with Crippen LogP contribution in [-0.2, 0) is 14.3 Å². The summed E-state index contributed by atoms with van der Waals surface area (Å²) in [5.74, 6) is 0.579. The maximum absolute atomic E-state index is 12.1. The molecule has 0 aromatic heterocycles. The number of carbonyl (C=O) groups excluding carboxylic acids is 2. The van der Waals surface area contributed by atoms with Crippen LogP contribution in [0.2, 0.25) is 5.02 Å². The van der Waals surface area contributed by atoms with Crippen LogP contribution in [0.5, 0.6) is 5.75 Å². The van der Waals surface area contributed by atoms with Gasteiger partial charge in [0.25, 0.3) is 0 Å². The van der Waals surface area contributed by atoms with Crippen LogP contribution in [0.3, 0.4) is 0 Å². The van der Waals surface area contributed by atoms with Crippen LogP contribution in [0.25, 0.3) is 0 Å². The highest BCUT2D eigenvalue weighted by molar-refractivity contribution is 8.00. The summed E-state index contributed by atoms with van der Waals surface area (Å²) in [6.45, 7) is 0.655. The van der Waals surface area contributed by atoms with Crippen molar-refractivity contribution in [2.45, 2.75) is 11.3 Å². The van der Waals surface area contributed by atoms with Gasteiger partial charge in [-0.1, -0.05) is 35.9 Å². The van der Waals surface area contributed by atoms with E-state index in [-0.39, 0.29) is 31.5 Å². The number of benzene rings is 2. The second-order valence-electron chi connectivity index (χ2n) is 5.55. The lowest BCUT2D eigenvalue weighted by molar-refractivity contribution is -0.144. The molecule has 1 heterocycles. The summed E-state index contributed by atoms with van der Waals surface area (Å²) >= 11 is 7.50. The zero-order chi connectivity index (χ0) is 18.4. The van der Waals surface area contributed by atoms with E-state index >= 15 is 0 Å². The van der Waals surface area contributed by atoms with Gasteiger partial charge in [-0.3, -0.25) is 9.59 Å². The Kier molecular flexibility index (Phi) is 6.41. The van der Waals surface area contributed by atoms with Crippen LogP contribution in [0.1, 0.15) is 6.42 Å². The number of carbonyl (C=O) groups is 2. The van der Waals surface area contributed by atoms with Crippen LogP contribution in [0.15, 0.2) is 53.4 Å². The number of hydrogen-bond donors (Lipinski definition) is 0. The van der Waals surface area contributed by atoms with Gasteiger partial charge in [0.05, 0.1) is 22.9 Å². The molecule has 0 fully saturated rings. The third kappa shape index (κ3) is 4.71. The number of hydrogen-bond acceptors (Lipinski definition) is 5. The lowest BCUT2D eigenvalue weighted by Crippen LogP contribution is -2.37. The fourth-order valence-electron chi connectivity index (χ4n) is 2.54. The maximum atomic E-state index is 12.1. The quantitative estimate of drug-likeness (QED) is 0.531. The van der Waals surface area contributed by atoms with E-state index in [0.717, 1.165) is 10.6 Å². The first kappa shape index (κ1) is 18.6. The van der Waals surface area contributed by atoms with Crippen molar-refractivity contribution in [1.29, 1.82) is 0 Å². The highest BCUT2D eigenvalue weighted by Gasteiger charge is 2.24. The first-order valence-corrected chi connectivity index (χ1v) is 9.56. The van der Waals surface area contributed by atoms with E-state index in [2.05, 4.69) is 0 Å². The minimum atomic E-state index is -0.365. The topological polar surface area (TPSA) is 55.8 Å². The van der Waals surface area contributed by atoms with Crippen LogP contribution in [-0.4, -0.2) is 37.4 Å². The Balaban J connectivity index is 1.43. The zero-order valence-electron chi connectivity index (χ0n) is 14.0. The molecule has 0 atom stereocenters. The molecule has 3 rings (SSSR count). The second-order valence-corrected chi connectivity index (χ2v) is 6.98. The molecule has 0 saturated carbocycles. The van der Waals surface area contributed by atoms with Gasteiger partial charge in [0, 0.05) is 11.4 Å². The summed E-state index contributed by atoms with van der Waals surface area (Å²) in [6, 6.07) is 14.8. The summed E-state index contributed by atoms with van der Waals surface area (Å²) in [7, 11) is 0. The number of fused-ring (bicyclic) bond motifs is 1. The van der Waals surface area contributed by atoms with Gasteiger partial charge in [0.1, 0.15) is 19.0 Å². The van der Waals surface area contributed by atoms with Crippen LogP contribution < -0.4 is 9.64 Å². The van der Waals surface area contributed by atoms with E-state index in [4.69, 9.17) is 21.1 Å². The molecule has 0 radical (unpaired) electrons. The molecule has 0 aliphatic carbocycles. The molecule has 2 aromatic rings. The molecular formula is C19H18ClNO4S. The van der Waals surface area contributed by atoms with Gasteiger partial charge < -0.3 is 14.4 Å². The second kappa shape index (κ2) is 8.96. The number of ether oxygens (including phenoxy) is 2. The van der Waals surface area contributed by atoms with Crippen molar-refractivity contribution in [1.82, 2.24) is 0 Å². The van der Waals surface area contributed by atoms with Gasteiger partial charge in [0.15, 0.2) is 0 Å². The minimum absolute atomic E-state index is 0.00329. The Hall–Kier alpha value is -2.18. The minimum Gasteiger partial charge on any atom is -0.488 e. The number of rotatable bonds is 7. The number of thioether (sulfide) groups is 1. The molecule has 1 aliphatic heterocycles. The normalized spacial score (nSPS) is 13.3. The highest BCUT2D eigenvalue weighted by Crippen LogP contribution is 2.34. The zero-order valence-corrected chi connectivity index (χ0v) is 15.6. The smallest absolute Gasteiger partial charge is 0.307 e. The molecule has 1 amide bonds. The Morgan fingerprint density at radius 1 is 1.12 bits per heavy atom. The van der Waals surface area contributed by atoms with E-state index in [0.29, 0.717) is 23.1 Å². The monoisotopic (exact) mass is 391 g/mol. The van der Waals surface area contributed by atoms with E-state index in [9.17, 15) is 9.59 Å². The molecule has 0 unspecified atom stereocenters. The van der Waals surface area contributed by atoms with Gasteiger partial charge >= 0.3 is 5.97 Å². The first-order chi connectivity index (χ1) is 12.6. The number of esters is 1. The van der Waals surface area contributed by atoms with Crippen molar-refractivity contribution in [3.8, 4) is 5.75 Å². The molecule has 26 heavy (non-hydrogen) atoms. The molecule has 0 N–H and O–H groups in total. The van der Waals surface area contributed by atoms with Gasteiger partial charge in [-0.05, 0) is 24.3 Å². The third-order valence-corrected chi connectivity index (χ3v) is 5.15. The van der Waals surface area contributed by atoms with E-state index in [1.165, 1.54) is 11.8 Å². The lowest BCUT2D eigenvalue weighted by atomic mass is 10.2. The molecule has 1 aliphatic rings. The van der Waals surface area contributed by atoms with Gasteiger partial charge in [-0.15, -0.1) is 11.8 Å². The summed E-state index contributed by atoms with van der Waals surface area (Å²) < 4.78 is 10.6. The average Bonchev–Trinajstić information content (AvgIpc) is 2.65. The molecular weight excluding hydrogens is 374 g/mol. The maximum Gasteiger partial charge on any atom is 0.307 e. The fourth-order valence-corrected chi connectivity index (χ4v) is 3.67. The van der Waals surface area contributed by atoms with Crippen LogP contribution in [0.4, 0.5) is 5.69 Å². The van der Waals surface area contributed by atoms with Crippen molar-refractivity contribution in [3.63, 3.8) is 0 Å². The average molecular weight is 392 g/mol. The Morgan fingerprint density at radius 2 is 1.88 bits per heavy atom. The van der Waals surface area contributed by atoms with Crippen molar-refractivity contribution in [2.24, 2.45) is 0 Å². The molecule has 7 heteroatoms. The predicted octanol–water partition coefficient (Wildman–Crippen LogP) is 3.79. The van der Waals surface area contributed by atoms with Crippen molar-refractivity contribution in [3.05, 3.63) is 53.6 Å². The Morgan fingerprint density at radius 3 is 2.73 bits per heavy atom. The predicted molar refractivity (Wildman–Crippen MR) is 102 cm³/mol. The molecule has 0 saturated heterocycles. The molecule has 0 spiro atoms. The van der Waals surface area contributed by atoms with Crippen LogP contribution in [0, 0.1) is 0 Å². The Bertz CT molecular complexity index is 799. The van der Waals surface area contributed by atoms with Crippen LogP contribution >= 0.6 is 23.4 Å². The van der Waals surface area contributed by atoms with E-state index in [1.54, 1.807) is 17.0 Å². The van der Waals surface area contributed by atoms with E-state index < -0.39 is 0 Å². The van der Waals surface area contributed by atoms with Crippen molar-refractivity contribution >= 4 is 40.9 Å². The number of para-hydroxylation sites is 2. The molecule has 5 nitrogen and oxygen atoms in total. The number of amides is 1. The molecule has 0 bridgehead atoms. The largest absolute Gasteiger partial charge is 0.488 e. The lowest BCUT2D eigenvalue weighted by Gasteiger charge is -2.28. The van der Waals surface area contributed by atoms with E-state index in [1.807, 2.05) is 36.4 Å². The highest BCUT2D eigenvalue weighted by atomic mass is 35.5. The fraction of sp³-hybridized carbons (Fsp3) is 0.263. The molecule has 136 valence electrons. The van der Waals surface area contributed by atoms with Crippen molar-refractivity contribution in [2.75, 3.05) is 30.4 Å². The standard InChI is InChI=1S/C19H18ClNO4S/c20-14-5-1-3-7-16(14)24-11-12-25-19(23)9-10-21-15-6-2-4-8-17(15)26-13-18(21)22/h1-8H,9-13H2. The number of anilines is 1. The number of nitrogens with zero attached hydrogens (tertiary/aromatic N) is 1. The summed E-state index contributed by atoms with van der Waals surface area (Å²) in [6.07, 6.45) is 0.136. The molecule has 2 aromatic carbocycles.